The molecule has 0 aliphatic carbocycles. The van der Waals surface area contributed by atoms with Gasteiger partial charge in [-0.1, -0.05) is 34.6 Å². The molecule has 0 aromatic carbocycles. The molecule has 2 nitrogen and oxygen atoms in total. The molecule has 1 fully saturated rings. The summed E-state index contributed by atoms with van der Waals surface area (Å²) in [5.41, 5.74) is 0.410. The Morgan fingerprint density at radius 2 is 2.00 bits per heavy atom. The minimum absolute atomic E-state index is 0.410. The number of nitrogens with zero attached hydrogens (tertiary/aromatic N) is 1. The first-order chi connectivity index (χ1) is 7.37. The molecule has 2 heteroatoms. The number of hydrogen-bond donors (Lipinski definition) is 1. The molecule has 96 valence electrons. The van der Waals surface area contributed by atoms with Crippen LogP contribution in [0.15, 0.2) is 0 Å². The summed E-state index contributed by atoms with van der Waals surface area (Å²) in [6.45, 7) is 16.5. The van der Waals surface area contributed by atoms with Crippen molar-refractivity contribution in [3.63, 3.8) is 0 Å². The van der Waals surface area contributed by atoms with Crippen LogP contribution in [0.25, 0.3) is 0 Å². The summed E-state index contributed by atoms with van der Waals surface area (Å²) in [5.74, 6) is 0.767. The third-order valence-electron chi connectivity index (χ3n) is 2.96. The van der Waals surface area contributed by atoms with Gasteiger partial charge < -0.3 is 10.2 Å². The first kappa shape index (κ1) is 14.0. The maximum absolute atomic E-state index is 3.60. The molecule has 1 heterocycles. The SMILES string of the molecule is CC(C)CN(CC1CCCN1)CC(C)(C)C. The van der Waals surface area contributed by atoms with Crippen LogP contribution in [0.2, 0.25) is 0 Å². The van der Waals surface area contributed by atoms with E-state index in [1.54, 1.807) is 0 Å². The highest BCUT2D eigenvalue weighted by atomic mass is 15.2. The third-order valence-corrected chi connectivity index (χ3v) is 2.96. The summed E-state index contributed by atoms with van der Waals surface area (Å²) < 4.78 is 0. The number of hydrogen-bond acceptors (Lipinski definition) is 2. The minimum Gasteiger partial charge on any atom is -0.313 e. The van der Waals surface area contributed by atoms with Crippen molar-refractivity contribution in [2.45, 2.75) is 53.5 Å². The Hall–Kier alpha value is -0.0800. The molecule has 1 saturated heterocycles. The average Bonchev–Trinajstić information content (AvgIpc) is 2.51. The molecule has 0 spiro atoms. The predicted molar refractivity (Wildman–Crippen MR) is 71.8 cm³/mol. The lowest BCUT2D eigenvalue weighted by atomic mass is 9.95. The smallest absolute Gasteiger partial charge is 0.0195 e. The van der Waals surface area contributed by atoms with Gasteiger partial charge in [-0.3, -0.25) is 0 Å². The Morgan fingerprint density at radius 1 is 1.31 bits per heavy atom. The lowest BCUT2D eigenvalue weighted by Gasteiger charge is -2.33. The Morgan fingerprint density at radius 3 is 2.44 bits per heavy atom. The quantitative estimate of drug-likeness (QED) is 0.775. The van der Waals surface area contributed by atoms with E-state index in [-0.39, 0.29) is 0 Å². The maximum atomic E-state index is 3.60. The fourth-order valence-corrected chi connectivity index (χ4v) is 2.62. The molecule has 0 aromatic rings. The van der Waals surface area contributed by atoms with Crippen molar-refractivity contribution in [2.75, 3.05) is 26.2 Å². The summed E-state index contributed by atoms with van der Waals surface area (Å²) in [5, 5.41) is 3.60. The second kappa shape index (κ2) is 6.02. The molecule has 1 aliphatic rings. The largest absolute Gasteiger partial charge is 0.313 e. The van der Waals surface area contributed by atoms with E-state index in [9.17, 15) is 0 Å². The number of nitrogens with one attached hydrogen (secondary N) is 1. The molecule has 1 rings (SSSR count). The van der Waals surface area contributed by atoms with Crippen molar-refractivity contribution >= 4 is 0 Å². The van der Waals surface area contributed by atoms with Crippen LogP contribution in [-0.4, -0.2) is 37.1 Å². The summed E-state index contributed by atoms with van der Waals surface area (Å²) in [7, 11) is 0. The minimum atomic E-state index is 0.410. The zero-order chi connectivity index (χ0) is 12.2. The van der Waals surface area contributed by atoms with Crippen LogP contribution in [0.3, 0.4) is 0 Å². The highest BCUT2D eigenvalue weighted by Gasteiger charge is 2.22. The first-order valence-corrected chi connectivity index (χ1v) is 6.82. The van der Waals surface area contributed by atoms with Gasteiger partial charge in [-0.2, -0.15) is 0 Å². The molecular formula is C14H30N2. The van der Waals surface area contributed by atoms with Crippen molar-refractivity contribution in [2.24, 2.45) is 11.3 Å². The van der Waals surface area contributed by atoms with E-state index in [4.69, 9.17) is 0 Å². The van der Waals surface area contributed by atoms with Crippen molar-refractivity contribution in [1.29, 1.82) is 0 Å². The molecule has 1 atom stereocenters. The van der Waals surface area contributed by atoms with Gasteiger partial charge in [0.25, 0.3) is 0 Å². The lowest BCUT2D eigenvalue weighted by molar-refractivity contribution is 0.161. The Bertz CT molecular complexity index is 187. The van der Waals surface area contributed by atoms with Crippen LogP contribution in [0.4, 0.5) is 0 Å². The summed E-state index contributed by atoms with van der Waals surface area (Å²) in [6.07, 6.45) is 2.72. The van der Waals surface area contributed by atoms with Crippen LogP contribution in [0.5, 0.6) is 0 Å². The van der Waals surface area contributed by atoms with Gasteiger partial charge in [-0.25, -0.2) is 0 Å². The second-order valence-electron chi connectivity index (χ2n) is 6.94. The van der Waals surface area contributed by atoms with Crippen molar-refractivity contribution in [3.05, 3.63) is 0 Å². The van der Waals surface area contributed by atoms with E-state index in [0.29, 0.717) is 5.41 Å². The summed E-state index contributed by atoms with van der Waals surface area (Å²) in [6, 6.07) is 0.737. The lowest BCUT2D eigenvalue weighted by Crippen LogP contribution is -2.43. The Balaban J connectivity index is 2.42. The third kappa shape index (κ3) is 5.86. The van der Waals surface area contributed by atoms with Crippen molar-refractivity contribution in [3.8, 4) is 0 Å². The van der Waals surface area contributed by atoms with Gasteiger partial charge >= 0.3 is 0 Å². The molecular weight excluding hydrogens is 196 g/mol. The molecule has 1 unspecified atom stereocenters. The van der Waals surface area contributed by atoms with Gasteiger partial charge in [0.2, 0.25) is 0 Å². The molecule has 0 saturated carbocycles. The van der Waals surface area contributed by atoms with E-state index in [1.807, 2.05) is 0 Å². The molecule has 0 bridgehead atoms. The molecule has 16 heavy (non-hydrogen) atoms. The van der Waals surface area contributed by atoms with Crippen LogP contribution >= 0.6 is 0 Å². The van der Waals surface area contributed by atoms with Crippen molar-refractivity contribution in [1.82, 2.24) is 10.2 Å². The van der Waals surface area contributed by atoms with E-state index in [1.165, 1.54) is 39.0 Å². The van der Waals surface area contributed by atoms with Crippen molar-refractivity contribution < 1.29 is 0 Å². The average molecular weight is 226 g/mol. The highest BCUT2D eigenvalue weighted by molar-refractivity contribution is 4.80. The monoisotopic (exact) mass is 226 g/mol. The second-order valence-corrected chi connectivity index (χ2v) is 6.94. The topological polar surface area (TPSA) is 15.3 Å². The number of rotatable bonds is 5. The van der Waals surface area contributed by atoms with Crippen LogP contribution < -0.4 is 5.32 Å². The summed E-state index contributed by atoms with van der Waals surface area (Å²) >= 11 is 0. The highest BCUT2D eigenvalue weighted by Crippen LogP contribution is 2.17. The van der Waals surface area contributed by atoms with Gasteiger partial charge in [-0.15, -0.1) is 0 Å². The van der Waals surface area contributed by atoms with E-state index in [0.717, 1.165) is 12.0 Å². The fraction of sp³-hybridized carbons (Fsp3) is 1.00. The van der Waals surface area contributed by atoms with Crippen LogP contribution in [0, 0.1) is 11.3 Å². The van der Waals surface area contributed by atoms with Gasteiger partial charge in [0.1, 0.15) is 0 Å². The normalized spacial score (nSPS) is 22.3. The van der Waals surface area contributed by atoms with E-state index < -0.39 is 0 Å². The Kier molecular flexibility index (Phi) is 5.26. The van der Waals surface area contributed by atoms with Crippen LogP contribution in [-0.2, 0) is 0 Å². The van der Waals surface area contributed by atoms with E-state index >= 15 is 0 Å². The fourth-order valence-electron chi connectivity index (χ4n) is 2.62. The van der Waals surface area contributed by atoms with Gasteiger partial charge in [0.05, 0.1) is 0 Å². The molecule has 1 aliphatic heterocycles. The summed E-state index contributed by atoms with van der Waals surface area (Å²) in [4.78, 5) is 2.65. The zero-order valence-corrected chi connectivity index (χ0v) is 11.8. The Labute approximate surface area is 102 Å². The van der Waals surface area contributed by atoms with Crippen LogP contribution in [0.1, 0.15) is 47.5 Å². The predicted octanol–water partition coefficient (Wildman–Crippen LogP) is 2.74. The van der Waals surface area contributed by atoms with E-state index in [2.05, 4.69) is 44.8 Å². The van der Waals surface area contributed by atoms with Gasteiger partial charge in [-0.05, 0) is 30.7 Å². The van der Waals surface area contributed by atoms with Gasteiger partial charge in [0.15, 0.2) is 0 Å². The molecule has 0 radical (unpaired) electrons. The standard InChI is InChI=1S/C14H30N2/c1-12(2)9-16(11-14(3,4)5)10-13-7-6-8-15-13/h12-13,15H,6-11H2,1-5H3. The van der Waals surface area contributed by atoms with Gasteiger partial charge in [0, 0.05) is 25.7 Å². The maximum Gasteiger partial charge on any atom is 0.0195 e. The molecule has 1 N–H and O–H groups in total. The molecule has 0 amide bonds. The first-order valence-electron chi connectivity index (χ1n) is 6.82. The zero-order valence-electron chi connectivity index (χ0n) is 11.8. The molecule has 0 aromatic heterocycles.